The van der Waals surface area contributed by atoms with Gasteiger partial charge in [-0.1, -0.05) is 29.8 Å². The highest BCUT2D eigenvalue weighted by Crippen LogP contribution is 2.47. The molecule has 1 N–H and O–H groups in total. The molecule has 150 valence electrons. The lowest BCUT2D eigenvalue weighted by molar-refractivity contribution is 0.0354. The maximum atomic E-state index is 11.1. The van der Waals surface area contributed by atoms with Gasteiger partial charge in [0.1, 0.15) is 32.7 Å². The highest BCUT2D eigenvalue weighted by atomic mass is 35.5. The van der Waals surface area contributed by atoms with Crippen molar-refractivity contribution in [3.63, 3.8) is 0 Å². The van der Waals surface area contributed by atoms with Crippen LogP contribution in [0, 0.1) is 11.7 Å². The van der Waals surface area contributed by atoms with Crippen LogP contribution in [0.5, 0.6) is 5.75 Å². The van der Waals surface area contributed by atoms with Gasteiger partial charge < -0.3 is 13.8 Å². The highest BCUT2D eigenvalue weighted by Gasteiger charge is 2.24. The first-order valence-electron chi connectivity index (χ1n) is 8.83. The first kappa shape index (κ1) is 22.5. The standard InChI is InChI=1S/C9H10BO3P.C8H8BClN2O2S/c1-7-3-2-4-8-5-11-14(12-6-10)13-9(7)8;9-5-1-2-6(14-5)12-3-4(10)7(13)11-8(12)15/h2-4H,5-6H2,1H3;3,5-6H,1-2H2,(H,11,13,15)/t;5-,6?/m.0/s1. The van der Waals surface area contributed by atoms with Gasteiger partial charge in [-0.3, -0.25) is 18.9 Å². The van der Waals surface area contributed by atoms with Gasteiger partial charge in [-0.25, -0.2) is 0 Å². The highest BCUT2D eigenvalue weighted by molar-refractivity contribution is 7.71. The minimum Gasteiger partial charge on any atom is -0.426 e. The predicted octanol–water partition coefficient (Wildman–Crippen LogP) is 3.64. The Labute approximate surface area is 182 Å². The molecule has 29 heavy (non-hydrogen) atoms. The monoisotopic (exact) mass is 450 g/mol. The van der Waals surface area contributed by atoms with Crippen LogP contribution in [0.3, 0.4) is 0 Å². The van der Waals surface area contributed by atoms with Crippen molar-refractivity contribution in [2.24, 2.45) is 0 Å². The number of aromatic amines is 1. The number of ether oxygens (including phenoxy) is 1. The van der Waals surface area contributed by atoms with Crippen molar-refractivity contribution in [2.45, 2.75) is 38.6 Å². The topological polar surface area (TPSA) is 74.7 Å². The van der Waals surface area contributed by atoms with Crippen molar-refractivity contribution in [1.82, 2.24) is 9.55 Å². The zero-order valence-corrected chi connectivity index (χ0v) is 18.1. The second-order valence-corrected chi connectivity index (χ2v) is 8.24. The molecule has 2 unspecified atom stereocenters. The Morgan fingerprint density at radius 3 is 2.93 bits per heavy atom. The van der Waals surface area contributed by atoms with Gasteiger partial charge in [0, 0.05) is 24.3 Å². The predicted molar refractivity (Wildman–Crippen MR) is 115 cm³/mol. The van der Waals surface area contributed by atoms with Gasteiger partial charge in [-0.05, 0) is 37.5 Å². The Bertz CT molecular complexity index is 976. The van der Waals surface area contributed by atoms with E-state index in [4.69, 9.17) is 57.8 Å². The van der Waals surface area contributed by atoms with Crippen molar-refractivity contribution in [2.75, 3.05) is 6.51 Å². The average molecular weight is 450 g/mol. The summed E-state index contributed by atoms with van der Waals surface area (Å²) in [6.07, 6.45) is 2.77. The molecule has 2 aliphatic heterocycles. The Morgan fingerprint density at radius 1 is 1.45 bits per heavy atom. The summed E-state index contributed by atoms with van der Waals surface area (Å²) in [4.78, 5) is 13.6. The Hall–Kier alpha value is -1.15. The van der Waals surface area contributed by atoms with E-state index < -0.39 is 8.60 Å². The molecule has 7 nitrogen and oxygen atoms in total. The smallest absolute Gasteiger partial charge is 0.396 e. The van der Waals surface area contributed by atoms with E-state index in [2.05, 4.69) is 4.98 Å². The number of halogens is 1. The number of nitrogens with zero attached hydrogens (tertiary/aromatic N) is 1. The maximum absolute atomic E-state index is 11.1. The van der Waals surface area contributed by atoms with Crippen LogP contribution in [0.25, 0.3) is 0 Å². The number of nitrogens with one attached hydrogen (secondary N) is 1. The van der Waals surface area contributed by atoms with Crippen LogP contribution in [0.1, 0.15) is 30.2 Å². The molecular formula is C17H18B2ClN2O5PS. The SMILES string of the molecule is [B]COP1OCc2cccc(C)c2O1.[B][C@@H]1CCC(n2cc(Cl)c(=O)[nH]c2=S)O1. The lowest BCUT2D eigenvalue weighted by Crippen LogP contribution is -2.18. The zero-order valence-electron chi connectivity index (χ0n) is 15.7. The number of aryl methyl sites for hydroxylation is 1. The molecule has 2 aromatic rings. The Morgan fingerprint density at radius 2 is 2.24 bits per heavy atom. The van der Waals surface area contributed by atoms with Crippen molar-refractivity contribution < 1.29 is 18.3 Å². The molecule has 4 rings (SSSR count). The van der Waals surface area contributed by atoms with Crippen molar-refractivity contribution >= 4 is 48.1 Å². The summed E-state index contributed by atoms with van der Waals surface area (Å²) in [6, 6.07) is 5.69. The number of aromatic nitrogens is 2. The third-order valence-corrected chi connectivity index (χ3v) is 5.84. The van der Waals surface area contributed by atoms with Crippen LogP contribution in [0.4, 0.5) is 0 Å². The number of hydrogen-bond donors (Lipinski definition) is 1. The molecule has 1 saturated heterocycles. The molecule has 12 heteroatoms. The molecule has 1 aromatic carbocycles. The molecule has 1 aromatic heterocycles. The van der Waals surface area contributed by atoms with E-state index >= 15 is 0 Å². The van der Waals surface area contributed by atoms with Crippen molar-refractivity contribution in [3.8, 4) is 5.75 Å². The van der Waals surface area contributed by atoms with E-state index in [1.54, 1.807) is 4.57 Å². The summed E-state index contributed by atoms with van der Waals surface area (Å²) in [5.41, 5.74) is 1.77. The Kier molecular flexibility index (Phi) is 7.96. The summed E-state index contributed by atoms with van der Waals surface area (Å²) in [6.45, 7) is 2.65. The van der Waals surface area contributed by atoms with E-state index in [9.17, 15) is 4.79 Å². The minimum atomic E-state index is -1.30. The first-order valence-corrected chi connectivity index (χ1v) is 10.7. The third kappa shape index (κ3) is 5.72. The van der Waals surface area contributed by atoms with Crippen LogP contribution in [-0.2, 0) is 20.4 Å². The lowest BCUT2D eigenvalue weighted by Gasteiger charge is -2.24. The largest absolute Gasteiger partial charge is 0.426 e. The van der Waals surface area contributed by atoms with E-state index in [0.29, 0.717) is 11.4 Å². The number of hydrogen-bond acceptors (Lipinski definition) is 6. The normalized spacial score (nSPS) is 22.9. The van der Waals surface area contributed by atoms with Crippen LogP contribution < -0.4 is 10.1 Å². The summed E-state index contributed by atoms with van der Waals surface area (Å²) in [7, 11) is 9.56. The fourth-order valence-electron chi connectivity index (χ4n) is 2.83. The fraction of sp³-hybridized carbons (Fsp3) is 0.412. The zero-order chi connectivity index (χ0) is 21.0. The number of para-hydroxylation sites is 1. The molecule has 3 atom stereocenters. The van der Waals surface area contributed by atoms with Crippen molar-refractivity contribution in [3.05, 3.63) is 55.7 Å². The van der Waals surface area contributed by atoms with Crippen LogP contribution in [0.2, 0.25) is 5.02 Å². The van der Waals surface area contributed by atoms with Gasteiger partial charge in [0.25, 0.3) is 5.56 Å². The number of benzene rings is 1. The van der Waals surface area contributed by atoms with Crippen LogP contribution in [0.15, 0.2) is 29.2 Å². The fourth-order valence-corrected chi connectivity index (χ4v) is 4.20. The number of fused-ring (bicyclic) bond motifs is 1. The third-order valence-electron chi connectivity index (χ3n) is 4.23. The van der Waals surface area contributed by atoms with E-state index in [1.165, 1.54) is 6.20 Å². The number of rotatable bonds is 3. The van der Waals surface area contributed by atoms with Gasteiger partial charge in [0.15, 0.2) is 4.77 Å². The number of H-pyrrole nitrogens is 1. The summed E-state index contributed by atoms with van der Waals surface area (Å²) in [5, 5.41) is 0.0904. The summed E-state index contributed by atoms with van der Waals surface area (Å²) >= 11 is 10.7. The quantitative estimate of drug-likeness (QED) is 0.437. The van der Waals surface area contributed by atoms with E-state index in [-0.39, 0.29) is 29.3 Å². The van der Waals surface area contributed by atoms with Gasteiger partial charge in [-0.15, -0.1) is 0 Å². The Balaban J connectivity index is 0.000000166. The summed E-state index contributed by atoms with van der Waals surface area (Å²) in [5.74, 6) is 0.873. The van der Waals surface area contributed by atoms with Crippen molar-refractivity contribution in [1.29, 1.82) is 0 Å². The molecule has 4 radical (unpaired) electrons. The molecule has 3 heterocycles. The molecule has 0 saturated carbocycles. The maximum Gasteiger partial charge on any atom is 0.396 e. The molecular weight excluding hydrogens is 432 g/mol. The van der Waals surface area contributed by atoms with Crippen LogP contribution in [-0.4, -0.2) is 37.8 Å². The van der Waals surface area contributed by atoms with E-state index in [1.807, 2.05) is 25.1 Å². The first-order chi connectivity index (χ1) is 13.9. The minimum absolute atomic E-state index is 0.0904. The van der Waals surface area contributed by atoms with Gasteiger partial charge in [0.05, 0.1) is 6.61 Å². The second kappa shape index (κ2) is 10.2. The molecule has 1 fully saturated rings. The average Bonchev–Trinajstić information content (AvgIpc) is 3.12. The van der Waals surface area contributed by atoms with Gasteiger partial charge in [0.2, 0.25) is 0 Å². The molecule has 0 spiro atoms. The summed E-state index contributed by atoms with van der Waals surface area (Å²) < 4.78 is 23.3. The van der Waals surface area contributed by atoms with E-state index in [0.717, 1.165) is 29.7 Å². The molecule has 0 aliphatic carbocycles. The second-order valence-electron chi connectivity index (χ2n) is 6.30. The van der Waals surface area contributed by atoms with Gasteiger partial charge in [-0.2, -0.15) is 0 Å². The molecule has 0 bridgehead atoms. The van der Waals surface area contributed by atoms with Crippen LogP contribution >= 0.6 is 32.4 Å². The lowest BCUT2D eigenvalue weighted by atomic mass is 9.98. The molecule has 0 amide bonds. The molecule has 2 aliphatic rings. The van der Waals surface area contributed by atoms with Gasteiger partial charge >= 0.3 is 8.60 Å².